The van der Waals surface area contributed by atoms with Crippen LogP contribution in [0.4, 0.5) is 4.39 Å². The molecule has 2 unspecified atom stereocenters. The van der Waals surface area contributed by atoms with Crippen LogP contribution in [0.1, 0.15) is 36.9 Å². The van der Waals surface area contributed by atoms with E-state index < -0.39 is 15.9 Å². The summed E-state index contributed by atoms with van der Waals surface area (Å²) in [6.45, 7) is 2.40. The summed E-state index contributed by atoms with van der Waals surface area (Å²) in [5.74, 6) is -1.05. The lowest BCUT2D eigenvalue weighted by Crippen LogP contribution is -2.46. The Morgan fingerprint density at radius 1 is 1.21 bits per heavy atom. The Labute approximate surface area is 175 Å². The van der Waals surface area contributed by atoms with E-state index in [-0.39, 0.29) is 30.1 Å². The number of sulfonamides is 1. The molecule has 0 aliphatic carbocycles. The Hall–Kier alpha value is -1.96. The van der Waals surface area contributed by atoms with Crippen LogP contribution in [0.5, 0.6) is 0 Å². The summed E-state index contributed by atoms with van der Waals surface area (Å²) in [4.78, 5) is 12.7. The summed E-state index contributed by atoms with van der Waals surface area (Å²) in [6, 6.07) is 12.4. The van der Waals surface area contributed by atoms with Crippen LogP contribution in [0.3, 0.4) is 0 Å². The maximum Gasteiger partial charge on any atom is 0.224 e. The van der Waals surface area contributed by atoms with E-state index in [1.54, 1.807) is 36.4 Å². The highest BCUT2D eigenvalue weighted by molar-refractivity contribution is 7.88. The first-order valence-corrected chi connectivity index (χ1v) is 11.5. The predicted molar refractivity (Wildman–Crippen MR) is 111 cm³/mol. The summed E-state index contributed by atoms with van der Waals surface area (Å²) in [5.41, 5.74) is 1.45. The van der Waals surface area contributed by atoms with Gasteiger partial charge in [0.05, 0.1) is 17.7 Å². The maximum absolute atomic E-state index is 13.1. The second-order valence-electron chi connectivity index (χ2n) is 7.36. The van der Waals surface area contributed by atoms with E-state index in [1.165, 1.54) is 16.4 Å². The van der Waals surface area contributed by atoms with Crippen molar-refractivity contribution in [2.75, 3.05) is 13.1 Å². The highest BCUT2D eigenvalue weighted by Crippen LogP contribution is 2.23. The van der Waals surface area contributed by atoms with Crippen molar-refractivity contribution in [3.63, 3.8) is 0 Å². The van der Waals surface area contributed by atoms with Crippen LogP contribution in [-0.2, 0) is 20.6 Å². The smallest absolute Gasteiger partial charge is 0.224 e. The van der Waals surface area contributed by atoms with Crippen molar-refractivity contribution in [1.82, 2.24) is 9.62 Å². The molecule has 0 radical (unpaired) electrons. The molecule has 1 aliphatic heterocycles. The van der Waals surface area contributed by atoms with Gasteiger partial charge in [0.1, 0.15) is 5.82 Å². The summed E-state index contributed by atoms with van der Waals surface area (Å²) in [5, 5.41) is 3.47. The Morgan fingerprint density at radius 3 is 2.52 bits per heavy atom. The van der Waals surface area contributed by atoms with Crippen LogP contribution < -0.4 is 5.32 Å². The molecule has 1 heterocycles. The van der Waals surface area contributed by atoms with Crippen LogP contribution in [0.15, 0.2) is 48.5 Å². The molecule has 3 rings (SSSR count). The van der Waals surface area contributed by atoms with Crippen molar-refractivity contribution < 1.29 is 17.6 Å². The van der Waals surface area contributed by atoms with Gasteiger partial charge in [-0.05, 0) is 55.2 Å². The third-order valence-electron chi connectivity index (χ3n) is 5.14. The first-order valence-electron chi connectivity index (χ1n) is 9.53. The van der Waals surface area contributed by atoms with Gasteiger partial charge < -0.3 is 5.32 Å². The fourth-order valence-corrected chi connectivity index (χ4v) is 5.19. The molecule has 2 atom stereocenters. The van der Waals surface area contributed by atoms with Gasteiger partial charge in [-0.2, -0.15) is 0 Å². The zero-order valence-electron chi connectivity index (χ0n) is 16.1. The number of carbonyl (C=O) groups is 1. The molecule has 156 valence electrons. The van der Waals surface area contributed by atoms with Gasteiger partial charge in [0, 0.05) is 18.1 Å². The fraction of sp³-hybridized carbons (Fsp3) is 0.381. The molecule has 1 amide bonds. The van der Waals surface area contributed by atoms with Gasteiger partial charge in [0.2, 0.25) is 15.9 Å². The topological polar surface area (TPSA) is 66.5 Å². The normalized spacial score (nSPS) is 18.9. The maximum atomic E-state index is 13.1. The number of benzene rings is 2. The molecule has 1 fully saturated rings. The number of amides is 1. The number of nitrogens with zero attached hydrogens (tertiary/aromatic N) is 1. The molecule has 5 nitrogen and oxygen atoms in total. The van der Waals surface area contributed by atoms with E-state index in [2.05, 4.69) is 5.32 Å². The largest absolute Gasteiger partial charge is 0.349 e. The molecule has 8 heteroatoms. The second kappa shape index (κ2) is 9.24. The highest BCUT2D eigenvalue weighted by atomic mass is 35.5. The molecule has 1 aliphatic rings. The number of hydrogen-bond acceptors (Lipinski definition) is 3. The van der Waals surface area contributed by atoms with Crippen molar-refractivity contribution in [3.05, 3.63) is 70.5 Å². The van der Waals surface area contributed by atoms with Gasteiger partial charge >= 0.3 is 0 Å². The number of rotatable bonds is 6. The number of halogens is 2. The van der Waals surface area contributed by atoms with Crippen LogP contribution >= 0.6 is 11.6 Å². The van der Waals surface area contributed by atoms with E-state index in [0.29, 0.717) is 30.0 Å². The van der Waals surface area contributed by atoms with Crippen LogP contribution in [0.25, 0.3) is 0 Å². The van der Waals surface area contributed by atoms with Gasteiger partial charge in [-0.1, -0.05) is 35.9 Å². The zero-order valence-corrected chi connectivity index (χ0v) is 17.7. The Bertz CT molecular complexity index is 949. The van der Waals surface area contributed by atoms with Gasteiger partial charge in [-0.25, -0.2) is 17.1 Å². The van der Waals surface area contributed by atoms with Gasteiger partial charge in [0.25, 0.3) is 0 Å². The monoisotopic (exact) mass is 438 g/mol. The summed E-state index contributed by atoms with van der Waals surface area (Å²) in [7, 11) is -3.53. The second-order valence-corrected chi connectivity index (χ2v) is 9.77. The average Bonchev–Trinajstić information content (AvgIpc) is 2.70. The van der Waals surface area contributed by atoms with Crippen molar-refractivity contribution in [3.8, 4) is 0 Å². The molecular formula is C21H24ClFN2O3S. The molecule has 1 N–H and O–H groups in total. The minimum absolute atomic E-state index is 0.121. The van der Waals surface area contributed by atoms with E-state index in [4.69, 9.17) is 11.6 Å². The van der Waals surface area contributed by atoms with Gasteiger partial charge in [0.15, 0.2) is 0 Å². The highest BCUT2D eigenvalue weighted by Gasteiger charge is 2.32. The SMILES string of the molecule is CC(NC(=O)C1CCCN(S(=O)(=O)Cc2ccc(Cl)cc2)C1)c1ccc(F)cc1. The summed E-state index contributed by atoms with van der Waals surface area (Å²) >= 11 is 5.86. The van der Waals surface area contributed by atoms with Gasteiger partial charge in [-0.3, -0.25) is 4.79 Å². The molecule has 0 saturated carbocycles. The molecule has 2 aromatic rings. The van der Waals surface area contributed by atoms with E-state index in [9.17, 15) is 17.6 Å². The minimum Gasteiger partial charge on any atom is -0.349 e. The van der Waals surface area contributed by atoms with E-state index >= 15 is 0 Å². The van der Waals surface area contributed by atoms with Crippen molar-refractivity contribution in [2.24, 2.45) is 5.92 Å². The standard InChI is InChI=1S/C21H24ClFN2O3S/c1-15(17-6-10-20(23)11-7-17)24-21(26)18-3-2-12-25(13-18)29(27,28)14-16-4-8-19(22)9-5-16/h4-11,15,18H,2-3,12-14H2,1H3,(H,24,26). The molecule has 0 spiro atoms. The third kappa shape index (κ3) is 5.78. The van der Waals surface area contributed by atoms with Gasteiger partial charge in [-0.15, -0.1) is 0 Å². The zero-order chi connectivity index (χ0) is 21.0. The van der Waals surface area contributed by atoms with Crippen molar-refractivity contribution >= 4 is 27.5 Å². The van der Waals surface area contributed by atoms with Crippen LogP contribution in [0.2, 0.25) is 5.02 Å². The lowest BCUT2D eigenvalue weighted by Gasteiger charge is -2.32. The first-order chi connectivity index (χ1) is 13.7. The number of hydrogen-bond donors (Lipinski definition) is 1. The minimum atomic E-state index is -3.53. The molecule has 0 bridgehead atoms. The van der Waals surface area contributed by atoms with E-state index in [1.807, 2.05) is 6.92 Å². The van der Waals surface area contributed by atoms with Crippen LogP contribution in [-0.4, -0.2) is 31.7 Å². The molecule has 1 saturated heterocycles. The Morgan fingerprint density at radius 2 is 1.86 bits per heavy atom. The number of piperidine rings is 1. The molecule has 0 aromatic heterocycles. The average molecular weight is 439 g/mol. The fourth-order valence-electron chi connectivity index (χ4n) is 3.46. The number of nitrogens with one attached hydrogen (secondary N) is 1. The van der Waals surface area contributed by atoms with Crippen molar-refractivity contribution in [2.45, 2.75) is 31.6 Å². The summed E-state index contributed by atoms with van der Waals surface area (Å²) < 4.78 is 40.1. The first kappa shape index (κ1) is 21.7. The Kier molecular flexibility index (Phi) is 6.93. The molecule has 29 heavy (non-hydrogen) atoms. The lowest BCUT2D eigenvalue weighted by molar-refractivity contribution is -0.126. The number of carbonyl (C=O) groups excluding carboxylic acids is 1. The van der Waals surface area contributed by atoms with Crippen molar-refractivity contribution in [1.29, 1.82) is 0 Å². The third-order valence-corrected chi connectivity index (χ3v) is 7.21. The van der Waals surface area contributed by atoms with E-state index in [0.717, 1.165) is 5.56 Å². The Balaban J connectivity index is 1.62. The lowest BCUT2D eigenvalue weighted by atomic mass is 9.98. The quantitative estimate of drug-likeness (QED) is 0.743. The molecular weight excluding hydrogens is 415 g/mol. The predicted octanol–water partition coefficient (Wildman–Crippen LogP) is 3.90. The molecule has 2 aromatic carbocycles. The van der Waals surface area contributed by atoms with Crippen LogP contribution in [0, 0.1) is 11.7 Å². The summed E-state index contributed by atoms with van der Waals surface area (Å²) in [6.07, 6.45) is 1.26.